The summed E-state index contributed by atoms with van der Waals surface area (Å²) in [7, 11) is 0. The Hall–Kier alpha value is -2.28. The van der Waals surface area contributed by atoms with Crippen molar-refractivity contribution in [3.63, 3.8) is 0 Å². The number of nitrogens with zero attached hydrogens (tertiary/aromatic N) is 3. The van der Waals surface area contributed by atoms with E-state index in [2.05, 4.69) is 10.1 Å². The molecule has 0 saturated carbocycles. The number of aliphatic hydroxyl groups excluding tert-OH is 1. The third-order valence-corrected chi connectivity index (χ3v) is 5.61. The Morgan fingerprint density at radius 3 is 2.77 bits per heavy atom. The van der Waals surface area contributed by atoms with Crippen molar-refractivity contribution in [1.82, 2.24) is 19.7 Å². The minimum atomic E-state index is -0.618. The van der Waals surface area contributed by atoms with E-state index in [9.17, 15) is 9.90 Å². The third kappa shape index (κ3) is 2.80. The molecular weight excluding hydrogens is 332 g/mol. The molecule has 2 aromatic heterocycles. The molecule has 4 heterocycles. The van der Waals surface area contributed by atoms with Gasteiger partial charge in [-0.1, -0.05) is 0 Å². The first-order valence-corrected chi connectivity index (χ1v) is 9.28. The van der Waals surface area contributed by atoms with Crippen molar-refractivity contribution in [2.45, 2.75) is 57.8 Å². The molecule has 1 unspecified atom stereocenters. The summed E-state index contributed by atoms with van der Waals surface area (Å²) >= 11 is 0. The second-order valence-corrected chi connectivity index (χ2v) is 7.77. The molecule has 1 amide bonds. The van der Waals surface area contributed by atoms with Crippen molar-refractivity contribution in [3.8, 4) is 5.75 Å². The van der Waals surface area contributed by atoms with Crippen LogP contribution in [0.1, 0.15) is 67.0 Å². The van der Waals surface area contributed by atoms with Crippen LogP contribution < -0.4 is 4.74 Å². The van der Waals surface area contributed by atoms with Crippen molar-refractivity contribution < 1.29 is 14.6 Å². The van der Waals surface area contributed by atoms with Gasteiger partial charge in [0.05, 0.1) is 11.8 Å². The number of aryl methyl sites for hydroxylation is 1. The molecule has 1 atom stereocenters. The third-order valence-electron chi connectivity index (χ3n) is 5.61. The highest BCUT2D eigenvalue weighted by molar-refractivity contribution is 5.95. The highest BCUT2D eigenvalue weighted by Gasteiger charge is 2.45. The Morgan fingerprint density at radius 1 is 1.42 bits per heavy atom. The number of aliphatic hydroxyl groups is 1. The van der Waals surface area contributed by atoms with Crippen LogP contribution in [0.4, 0.5) is 0 Å². The number of hydrogen-bond donors (Lipinski definition) is 2. The lowest BCUT2D eigenvalue weighted by Gasteiger charge is -2.44. The van der Waals surface area contributed by atoms with Gasteiger partial charge in [-0.25, -0.2) is 0 Å². The molecule has 1 spiro atoms. The van der Waals surface area contributed by atoms with Crippen molar-refractivity contribution in [2.24, 2.45) is 0 Å². The van der Waals surface area contributed by atoms with Gasteiger partial charge in [-0.2, -0.15) is 5.10 Å². The number of amides is 1. The normalized spacial score (nSPS) is 21.7. The van der Waals surface area contributed by atoms with Gasteiger partial charge in [0.2, 0.25) is 0 Å². The van der Waals surface area contributed by atoms with Crippen LogP contribution in [0.15, 0.2) is 18.5 Å². The van der Waals surface area contributed by atoms with E-state index in [0.717, 1.165) is 11.3 Å². The lowest BCUT2D eigenvalue weighted by molar-refractivity contribution is -0.0504. The topological polar surface area (TPSA) is 83.4 Å². The largest absolute Gasteiger partial charge is 0.483 e. The number of H-pyrrole nitrogens is 1. The fourth-order valence-corrected chi connectivity index (χ4v) is 3.97. The molecule has 2 aliphatic rings. The summed E-state index contributed by atoms with van der Waals surface area (Å²) in [5, 5.41) is 15.1. The quantitative estimate of drug-likeness (QED) is 0.864. The molecule has 0 aliphatic carbocycles. The number of carbonyl (C=O) groups is 1. The highest BCUT2D eigenvalue weighted by Crippen LogP contribution is 2.44. The van der Waals surface area contributed by atoms with E-state index in [4.69, 9.17) is 4.74 Å². The summed E-state index contributed by atoms with van der Waals surface area (Å²) in [5.41, 5.74) is 1.84. The van der Waals surface area contributed by atoms with Gasteiger partial charge in [-0.3, -0.25) is 9.48 Å². The second kappa shape index (κ2) is 6.16. The van der Waals surface area contributed by atoms with Gasteiger partial charge in [0.25, 0.3) is 5.91 Å². The molecule has 1 fully saturated rings. The van der Waals surface area contributed by atoms with E-state index < -0.39 is 11.7 Å². The maximum Gasteiger partial charge on any atom is 0.255 e. The first-order valence-electron chi connectivity index (χ1n) is 9.28. The Morgan fingerprint density at radius 2 is 2.15 bits per heavy atom. The van der Waals surface area contributed by atoms with Crippen molar-refractivity contribution in [1.29, 1.82) is 0 Å². The lowest BCUT2D eigenvalue weighted by Crippen LogP contribution is -2.51. The molecule has 0 aromatic carbocycles. The number of likely N-dealkylation sites (tertiary alicyclic amines) is 1. The van der Waals surface area contributed by atoms with E-state index in [1.54, 1.807) is 6.20 Å². The lowest BCUT2D eigenvalue weighted by atomic mass is 9.83. The fraction of sp³-hybridized carbons (Fsp3) is 0.579. The molecule has 4 rings (SSSR count). The summed E-state index contributed by atoms with van der Waals surface area (Å²) in [4.78, 5) is 17.6. The SMILES string of the molecule is Cc1[nH]ccc1C(=O)N1CCC2(CC1)CC(O)c1nn(C(C)C)cc1O2. The average molecular weight is 358 g/mol. The molecule has 7 heteroatoms. The predicted octanol–water partition coefficient (Wildman–Crippen LogP) is 2.59. The first kappa shape index (κ1) is 17.1. The molecule has 140 valence electrons. The minimum absolute atomic E-state index is 0.0586. The number of carbonyl (C=O) groups excluding carboxylic acids is 1. The van der Waals surface area contributed by atoms with Crippen LogP contribution in [0.5, 0.6) is 5.75 Å². The number of hydrogen-bond acceptors (Lipinski definition) is 4. The Labute approximate surface area is 153 Å². The molecule has 0 bridgehead atoms. The van der Waals surface area contributed by atoms with Crippen molar-refractivity contribution in [2.75, 3.05) is 13.1 Å². The summed E-state index contributed by atoms with van der Waals surface area (Å²) < 4.78 is 8.15. The zero-order chi connectivity index (χ0) is 18.5. The molecule has 0 radical (unpaired) electrons. The van der Waals surface area contributed by atoms with E-state index in [1.165, 1.54) is 0 Å². The van der Waals surface area contributed by atoms with Gasteiger partial charge in [0.15, 0.2) is 5.75 Å². The Bertz CT molecular complexity index is 815. The number of fused-ring (bicyclic) bond motifs is 1. The number of ether oxygens (including phenoxy) is 1. The molecule has 2 aromatic rings. The van der Waals surface area contributed by atoms with E-state index >= 15 is 0 Å². The van der Waals surface area contributed by atoms with Crippen LogP contribution in [0.25, 0.3) is 0 Å². The van der Waals surface area contributed by atoms with E-state index in [-0.39, 0.29) is 11.9 Å². The molecule has 2 N–H and O–H groups in total. The smallest absolute Gasteiger partial charge is 0.255 e. The maximum absolute atomic E-state index is 12.7. The van der Waals surface area contributed by atoms with Gasteiger partial charge in [-0.05, 0) is 26.8 Å². The van der Waals surface area contributed by atoms with Crippen LogP contribution in [-0.4, -0.2) is 49.4 Å². The molecule has 2 aliphatic heterocycles. The number of aromatic nitrogens is 3. The van der Waals surface area contributed by atoms with Crippen molar-refractivity contribution >= 4 is 5.91 Å². The Kier molecular flexibility index (Phi) is 4.06. The van der Waals surface area contributed by atoms with Crippen LogP contribution in [0.2, 0.25) is 0 Å². The fourth-order valence-electron chi connectivity index (χ4n) is 3.97. The van der Waals surface area contributed by atoms with E-state index in [0.29, 0.717) is 43.8 Å². The van der Waals surface area contributed by atoms with Gasteiger partial charge < -0.3 is 19.7 Å². The van der Waals surface area contributed by atoms with Gasteiger partial charge in [0, 0.05) is 50.3 Å². The van der Waals surface area contributed by atoms with Crippen LogP contribution in [0, 0.1) is 6.92 Å². The van der Waals surface area contributed by atoms with E-state index in [1.807, 2.05) is 42.6 Å². The summed E-state index contributed by atoms with van der Waals surface area (Å²) in [5.74, 6) is 0.738. The summed E-state index contributed by atoms with van der Waals surface area (Å²) in [6, 6.07) is 2.05. The number of nitrogens with one attached hydrogen (secondary N) is 1. The van der Waals surface area contributed by atoms with Gasteiger partial charge in [-0.15, -0.1) is 0 Å². The molecule has 1 saturated heterocycles. The monoisotopic (exact) mass is 358 g/mol. The van der Waals surface area contributed by atoms with Crippen LogP contribution in [-0.2, 0) is 0 Å². The van der Waals surface area contributed by atoms with Gasteiger partial charge >= 0.3 is 0 Å². The first-order chi connectivity index (χ1) is 12.4. The van der Waals surface area contributed by atoms with Gasteiger partial charge in [0.1, 0.15) is 17.4 Å². The minimum Gasteiger partial charge on any atom is -0.483 e. The zero-order valence-corrected chi connectivity index (χ0v) is 15.5. The summed E-state index contributed by atoms with van der Waals surface area (Å²) in [6.45, 7) is 7.27. The maximum atomic E-state index is 12.7. The second-order valence-electron chi connectivity index (χ2n) is 7.77. The number of rotatable bonds is 2. The summed E-state index contributed by atoms with van der Waals surface area (Å²) in [6.07, 6.45) is 5.01. The molecule has 7 nitrogen and oxygen atoms in total. The average Bonchev–Trinajstić information content (AvgIpc) is 3.21. The molecule has 26 heavy (non-hydrogen) atoms. The zero-order valence-electron chi connectivity index (χ0n) is 15.5. The molecular formula is C19H26N4O3. The van der Waals surface area contributed by atoms with Crippen LogP contribution in [0.3, 0.4) is 0 Å². The standard InChI is InChI=1S/C19H26N4O3/c1-12(2)23-11-16-17(21-23)15(24)10-19(26-16)5-8-22(9-6-19)18(25)14-4-7-20-13(14)3/h4,7,11-12,15,20,24H,5-6,8-10H2,1-3H3. The van der Waals surface area contributed by atoms with Crippen LogP contribution >= 0.6 is 0 Å². The number of piperidine rings is 1. The highest BCUT2D eigenvalue weighted by atomic mass is 16.5. The predicted molar refractivity (Wildman–Crippen MR) is 96.2 cm³/mol. The Balaban J connectivity index is 1.48. The number of aromatic amines is 1. The van der Waals surface area contributed by atoms with Crippen molar-refractivity contribution in [3.05, 3.63) is 35.4 Å².